The molecular weight excluding hydrogens is 222 g/mol. The predicted octanol–water partition coefficient (Wildman–Crippen LogP) is -0.913. The van der Waals surface area contributed by atoms with Crippen LogP contribution in [0.4, 0.5) is 0 Å². The van der Waals surface area contributed by atoms with Gasteiger partial charge in [-0.3, -0.25) is 9.59 Å². The molecule has 1 rings (SSSR count). The van der Waals surface area contributed by atoms with Gasteiger partial charge in [0.2, 0.25) is 11.8 Å². The van der Waals surface area contributed by atoms with Gasteiger partial charge in [-0.2, -0.15) is 0 Å². The van der Waals surface area contributed by atoms with E-state index in [1.54, 1.807) is 0 Å². The third-order valence-electron chi connectivity index (χ3n) is 2.99. The predicted molar refractivity (Wildman–Crippen MR) is 63.3 cm³/mol. The molecule has 0 bridgehead atoms. The molecule has 2 amide bonds. The molecule has 3 N–H and O–H groups in total. The zero-order valence-corrected chi connectivity index (χ0v) is 10.4. The molecular formula is C11H21N3O3. The van der Waals surface area contributed by atoms with Crippen LogP contribution in [-0.2, 0) is 14.3 Å². The highest BCUT2D eigenvalue weighted by molar-refractivity contribution is 5.87. The fourth-order valence-corrected chi connectivity index (χ4v) is 1.65. The van der Waals surface area contributed by atoms with Crippen molar-refractivity contribution in [2.45, 2.75) is 32.4 Å². The molecule has 6 heteroatoms. The molecule has 2 unspecified atom stereocenters. The molecule has 1 fully saturated rings. The fraction of sp³-hybridized carbons (Fsp3) is 0.818. The maximum Gasteiger partial charge on any atom is 0.242 e. The van der Waals surface area contributed by atoms with Crippen LogP contribution in [0.25, 0.3) is 0 Å². The molecule has 1 aliphatic heterocycles. The Hall–Kier alpha value is -1.14. The van der Waals surface area contributed by atoms with Crippen molar-refractivity contribution in [1.29, 1.82) is 0 Å². The molecule has 1 saturated heterocycles. The monoisotopic (exact) mass is 243 g/mol. The van der Waals surface area contributed by atoms with Crippen LogP contribution < -0.4 is 11.1 Å². The molecule has 1 aliphatic rings. The smallest absolute Gasteiger partial charge is 0.242 e. The quantitative estimate of drug-likeness (QED) is 0.654. The highest BCUT2D eigenvalue weighted by Crippen LogP contribution is 2.06. The Morgan fingerprint density at radius 2 is 2.29 bits per heavy atom. The molecule has 0 aromatic carbocycles. The summed E-state index contributed by atoms with van der Waals surface area (Å²) in [6, 6.07) is -0.345. The van der Waals surface area contributed by atoms with Gasteiger partial charge in [0.25, 0.3) is 0 Å². The summed E-state index contributed by atoms with van der Waals surface area (Å²) in [5.41, 5.74) is 5.24. The average molecular weight is 243 g/mol. The number of nitrogens with one attached hydrogen (secondary N) is 1. The van der Waals surface area contributed by atoms with E-state index in [1.165, 1.54) is 4.90 Å². The number of carbonyl (C=O) groups excluding carboxylic acids is 2. The lowest BCUT2D eigenvalue weighted by Gasteiger charge is -2.33. The van der Waals surface area contributed by atoms with E-state index in [-0.39, 0.29) is 25.1 Å². The molecule has 98 valence electrons. The van der Waals surface area contributed by atoms with Crippen LogP contribution in [0.1, 0.15) is 20.3 Å². The van der Waals surface area contributed by atoms with Crippen molar-refractivity contribution in [1.82, 2.24) is 10.2 Å². The lowest BCUT2D eigenvalue weighted by Crippen LogP contribution is -2.56. The van der Waals surface area contributed by atoms with Crippen molar-refractivity contribution < 1.29 is 14.3 Å². The number of amides is 2. The van der Waals surface area contributed by atoms with Gasteiger partial charge in [-0.1, -0.05) is 6.92 Å². The van der Waals surface area contributed by atoms with E-state index in [0.717, 1.165) is 6.42 Å². The number of nitrogens with two attached hydrogens (primary N) is 1. The van der Waals surface area contributed by atoms with Crippen LogP contribution in [0.2, 0.25) is 0 Å². The first kappa shape index (κ1) is 13.9. The van der Waals surface area contributed by atoms with E-state index in [1.807, 2.05) is 13.8 Å². The molecule has 17 heavy (non-hydrogen) atoms. The number of carbonyl (C=O) groups is 2. The van der Waals surface area contributed by atoms with Crippen LogP contribution in [-0.4, -0.2) is 55.1 Å². The number of hydrogen-bond acceptors (Lipinski definition) is 4. The average Bonchev–Trinajstić information content (AvgIpc) is 2.35. The van der Waals surface area contributed by atoms with Gasteiger partial charge in [-0.15, -0.1) is 0 Å². The van der Waals surface area contributed by atoms with Gasteiger partial charge in [0.15, 0.2) is 0 Å². The summed E-state index contributed by atoms with van der Waals surface area (Å²) in [5.74, 6) is -0.612. The molecule has 0 aromatic rings. The third-order valence-corrected chi connectivity index (χ3v) is 2.99. The Labute approximate surface area is 101 Å². The van der Waals surface area contributed by atoms with Gasteiger partial charge in [0.05, 0.1) is 19.8 Å². The van der Waals surface area contributed by atoms with Crippen LogP contribution in [0.5, 0.6) is 0 Å². The van der Waals surface area contributed by atoms with Gasteiger partial charge >= 0.3 is 0 Å². The number of rotatable bonds is 5. The van der Waals surface area contributed by atoms with Crippen LogP contribution in [0.3, 0.4) is 0 Å². The summed E-state index contributed by atoms with van der Waals surface area (Å²) < 4.78 is 5.16. The Morgan fingerprint density at radius 3 is 2.88 bits per heavy atom. The fourth-order valence-electron chi connectivity index (χ4n) is 1.65. The maximum atomic E-state index is 11.9. The second kappa shape index (κ2) is 6.56. The molecule has 0 radical (unpaired) electrons. The second-order valence-electron chi connectivity index (χ2n) is 4.27. The Kier molecular flexibility index (Phi) is 5.37. The van der Waals surface area contributed by atoms with E-state index >= 15 is 0 Å². The van der Waals surface area contributed by atoms with Gasteiger partial charge in [-0.05, 0) is 13.3 Å². The molecule has 0 saturated carbocycles. The van der Waals surface area contributed by atoms with Crippen LogP contribution in [0, 0.1) is 0 Å². The van der Waals surface area contributed by atoms with Crippen molar-refractivity contribution >= 4 is 11.8 Å². The first-order valence-corrected chi connectivity index (χ1v) is 5.96. The molecule has 0 aromatic heterocycles. The molecule has 1 heterocycles. The zero-order valence-electron chi connectivity index (χ0n) is 10.4. The lowest BCUT2D eigenvalue weighted by atomic mass is 10.2. The zero-order chi connectivity index (χ0) is 12.8. The standard InChI is InChI=1S/C11H21N3O3/c1-3-8(2)13-6-10(15)14-4-5-17-7-9(14)11(12)16/h8-9,13H,3-7H2,1-2H3,(H2,12,16). The minimum atomic E-state index is -0.630. The molecule has 6 nitrogen and oxygen atoms in total. The third kappa shape index (κ3) is 3.98. The summed E-state index contributed by atoms with van der Waals surface area (Å²) in [7, 11) is 0. The number of nitrogens with zero attached hydrogens (tertiary/aromatic N) is 1. The van der Waals surface area contributed by atoms with Gasteiger partial charge < -0.3 is 20.7 Å². The highest BCUT2D eigenvalue weighted by Gasteiger charge is 2.30. The van der Waals surface area contributed by atoms with E-state index in [0.29, 0.717) is 13.2 Å². The van der Waals surface area contributed by atoms with E-state index in [4.69, 9.17) is 10.5 Å². The molecule has 0 aliphatic carbocycles. The largest absolute Gasteiger partial charge is 0.377 e. The van der Waals surface area contributed by atoms with Crippen molar-refractivity contribution in [3.63, 3.8) is 0 Å². The lowest BCUT2D eigenvalue weighted by molar-refractivity contribution is -0.146. The number of hydrogen-bond donors (Lipinski definition) is 2. The summed E-state index contributed by atoms with van der Waals surface area (Å²) in [5, 5.41) is 3.10. The normalized spacial score (nSPS) is 22.2. The van der Waals surface area contributed by atoms with Gasteiger partial charge in [0.1, 0.15) is 6.04 Å². The van der Waals surface area contributed by atoms with Gasteiger partial charge in [-0.25, -0.2) is 0 Å². The van der Waals surface area contributed by atoms with E-state index in [9.17, 15) is 9.59 Å². The summed E-state index contributed by atoms with van der Waals surface area (Å²) in [6.45, 7) is 5.37. The SMILES string of the molecule is CCC(C)NCC(=O)N1CCOCC1C(N)=O. The first-order chi connectivity index (χ1) is 8.06. The summed E-state index contributed by atoms with van der Waals surface area (Å²) in [6.07, 6.45) is 0.954. The Morgan fingerprint density at radius 1 is 1.59 bits per heavy atom. The van der Waals surface area contributed by atoms with Crippen LogP contribution in [0.15, 0.2) is 0 Å². The Balaban J connectivity index is 2.50. The van der Waals surface area contributed by atoms with Gasteiger partial charge in [0, 0.05) is 12.6 Å². The Bertz CT molecular complexity index is 283. The minimum absolute atomic E-state index is 0.0996. The van der Waals surface area contributed by atoms with Crippen LogP contribution >= 0.6 is 0 Å². The van der Waals surface area contributed by atoms with Crippen molar-refractivity contribution in [3.8, 4) is 0 Å². The van der Waals surface area contributed by atoms with E-state index < -0.39 is 11.9 Å². The second-order valence-corrected chi connectivity index (χ2v) is 4.27. The summed E-state index contributed by atoms with van der Waals surface area (Å²) in [4.78, 5) is 24.6. The van der Waals surface area contributed by atoms with Crippen molar-refractivity contribution in [2.75, 3.05) is 26.3 Å². The topological polar surface area (TPSA) is 84.7 Å². The summed E-state index contributed by atoms with van der Waals surface area (Å²) >= 11 is 0. The van der Waals surface area contributed by atoms with Crippen molar-refractivity contribution in [2.24, 2.45) is 5.73 Å². The minimum Gasteiger partial charge on any atom is -0.377 e. The van der Waals surface area contributed by atoms with E-state index in [2.05, 4.69) is 5.32 Å². The molecule has 2 atom stereocenters. The number of morpholine rings is 1. The van der Waals surface area contributed by atoms with Crippen molar-refractivity contribution in [3.05, 3.63) is 0 Å². The number of primary amides is 1. The maximum absolute atomic E-state index is 11.9. The molecule has 0 spiro atoms. The highest BCUT2D eigenvalue weighted by atomic mass is 16.5. The first-order valence-electron chi connectivity index (χ1n) is 5.96. The number of ether oxygens (including phenoxy) is 1.